The Kier molecular flexibility index (Phi) is 2.95. The summed E-state index contributed by atoms with van der Waals surface area (Å²) in [6.45, 7) is 0. The van der Waals surface area contributed by atoms with Crippen LogP contribution < -0.4 is 9.47 Å². The fourth-order valence-corrected chi connectivity index (χ4v) is 1.27. The molecule has 0 radical (unpaired) electrons. The van der Waals surface area contributed by atoms with Crippen LogP contribution in [0.3, 0.4) is 0 Å². The minimum atomic E-state index is 0.258. The number of methoxy groups -OCH3 is 2. The molecule has 1 aromatic carbocycles. The Morgan fingerprint density at radius 2 is 1.75 bits per heavy atom. The molecule has 0 atom stereocenters. The number of benzene rings is 1. The summed E-state index contributed by atoms with van der Waals surface area (Å²) in [6.07, 6.45) is 1.59. The molecule has 0 aliphatic heterocycles. The van der Waals surface area contributed by atoms with E-state index in [1.165, 1.54) is 7.11 Å². The first-order chi connectivity index (χ1) is 7.83. The van der Waals surface area contributed by atoms with Gasteiger partial charge in [-0.25, -0.2) is 0 Å². The van der Waals surface area contributed by atoms with Crippen LogP contribution >= 0.6 is 0 Å². The van der Waals surface area contributed by atoms with Crippen molar-refractivity contribution in [3.63, 3.8) is 0 Å². The molecule has 0 bridgehead atoms. The van der Waals surface area contributed by atoms with E-state index in [2.05, 4.69) is 15.2 Å². The summed E-state index contributed by atoms with van der Waals surface area (Å²) in [5.74, 6) is 0.803. The fraction of sp³-hybridized carbons (Fsp3) is 0.182. The minimum absolute atomic E-state index is 0.258. The van der Waals surface area contributed by atoms with Gasteiger partial charge >= 0.3 is 6.01 Å². The van der Waals surface area contributed by atoms with E-state index in [9.17, 15) is 0 Å². The summed E-state index contributed by atoms with van der Waals surface area (Å²) >= 11 is 0. The zero-order chi connectivity index (χ0) is 11.4. The normalized spacial score (nSPS) is 9.88. The second-order valence-corrected chi connectivity index (χ2v) is 3.06. The Hall–Kier alpha value is -2.17. The maximum atomic E-state index is 5.08. The molecule has 0 aliphatic rings. The molecule has 0 saturated heterocycles. The Balaban J connectivity index is 2.34. The number of rotatable bonds is 3. The first-order valence-electron chi connectivity index (χ1n) is 4.71. The third kappa shape index (κ3) is 2.08. The average Bonchev–Trinajstić information content (AvgIpc) is 2.39. The van der Waals surface area contributed by atoms with Crippen LogP contribution in [0.15, 0.2) is 30.5 Å². The predicted molar refractivity (Wildman–Crippen MR) is 58.4 cm³/mol. The van der Waals surface area contributed by atoms with Gasteiger partial charge in [-0.1, -0.05) is 5.10 Å². The van der Waals surface area contributed by atoms with Crippen molar-refractivity contribution >= 4 is 0 Å². The Morgan fingerprint density at radius 3 is 2.38 bits per heavy atom. The fourth-order valence-electron chi connectivity index (χ4n) is 1.27. The Morgan fingerprint density at radius 1 is 1.00 bits per heavy atom. The van der Waals surface area contributed by atoms with Crippen molar-refractivity contribution < 1.29 is 9.47 Å². The number of ether oxygens (including phenoxy) is 2. The number of hydrogen-bond donors (Lipinski definition) is 0. The third-order valence-electron chi connectivity index (χ3n) is 2.11. The van der Waals surface area contributed by atoms with Gasteiger partial charge in [0.1, 0.15) is 5.75 Å². The summed E-state index contributed by atoms with van der Waals surface area (Å²) in [6, 6.07) is 7.80. The van der Waals surface area contributed by atoms with Gasteiger partial charge in [0.25, 0.3) is 0 Å². The van der Waals surface area contributed by atoms with Crippen LogP contribution in [-0.4, -0.2) is 29.4 Å². The van der Waals surface area contributed by atoms with Gasteiger partial charge in [-0.15, -0.1) is 0 Å². The summed E-state index contributed by atoms with van der Waals surface area (Å²) in [5.41, 5.74) is 1.66. The standard InChI is InChI=1S/C11H11N3O2/c1-15-9-5-3-8(4-6-9)10-7-12-14-11(13-10)16-2/h3-7H,1-2H3. The molecule has 0 amide bonds. The van der Waals surface area contributed by atoms with E-state index >= 15 is 0 Å². The second kappa shape index (κ2) is 4.57. The van der Waals surface area contributed by atoms with E-state index in [-0.39, 0.29) is 6.01 Å². The van der Waals surface area contributed by atoms with Crippen LogP contribution in [0, 0.1) is 0 Å². The van der Waals surface area contributed by atoms with Crippen LogP contribution in [0.2, 0.25) is 0 Å². The van der Waals surface area contributed by atoms with Crippen molar-refractivity contribution in [1.29, 1.82) is 0 Å². The molecule has 16 heavy (non-hydrogen) atoms. The van der Waals surface area contributed by atoms with Crippen molar-refractivity contribution in [3.05, 3.63) is 30.5 Å². The molecular formula is C11H11N3O2. The van der Waals surface area contributed by atoms with E-state index in [1.807, 2.05) is 24.3 Å². The van der Waals surface area contributed by atoms with Gasteiger partial charge in [0.05, 0.1) is 26.1 Å². The second-order valence-electron chi connectivity index (χ2n) is 3.06. The lowest BCUT2D eigenvalue weighted by Gasteiger charge is -2.03. The molecule has 0 fully saturated rings. The first kappa shape index (κ1) is 10.4. The molecule has 0 unspecified atom stereocenters. The highest BCUT2D eigenvalue weighted by Gasteiger charge is 2.03. The highest BCUT2D eigenvalue weighted by molar-refractivity contribution is 5.59. The molecular weight excluding hydrogens is 206 g/mol. The highest BCUT2D eigenvalue weighted by atomic mass is 16.5. The Bertz CT molecular complexity index is 471. The number of hydrogen-bond acceptors (Lipinski definition) is 5. The van der Waals surface area contributed by atoms with Gasteiger partial charge in [0.2, 0.25) is 0 Å². The van der Waals surface area contributed by atoms with E-state index in [0.29, 0.717) is 0 Å². The summed E-state index contributed by atoms with van der Waals surface area (Å²) in [7, 11) is 3.14. The molecule has 2 aromatic rings. The number of aromatic nitrogens is 3. The molecule has 5 nitrogen and oxygen atoms in total. The van der Waals surface area contributed by atoms with Crippen molar-refractivity contribution in [2.24, 2.45) is 0 Å². The molecule has 82 valence electrons. The Labute approximate surface area is 93.1 Å². The zero-order valence-corrected chi connectivity index (χ0v) is 9.04. The lowest BCUT2D eigenvalue weighted by atomic mass is 10.1. The van der Waals surface area contributed by atoms with E-state index in [4.69, 9.17) is 9.47 Å². The van der Waals surface area contributed by atoms with E-state index < -0.39 is 0 Å². The lowest BCUT2D eigenvalue weighted by Crippen LogP contribution is -1.95. The molecule has 0 spiro atoms. The first-order valence-corrected chi connectivity index (χ1v) is 4.71. The van der Waals surface area contributed by atoms with Gasteiger partial charge < -0.3 is 9.47 Å². The molecule has 5 heteroatoms. The predicted octanol–water partition coefficient (Wildman–Crippen LogP) is 1.56. The number of nitrogens with zero attached hydrogens (tertiary/aromatic N) is 3. The van der Waals surface area contributed by atoms with Crippen molar-refractivity contribution in [3.8, 4) is 23.0 Å². The van der Waals surface area contributed by atoms with Crippen molar-refractivity contribution in [2.45, 2.75) is 0 Å². The van der Waals surface area contributed by atoms with Crippen LogP contribution in [0.4, 0.5) is 0 Å². The monoisotopic (exact) mass is 217 g/mol. The maximum Gasteiger partial charge on any atom is 0.335 e. The van der Waals surface area contributed by atoms with E-state index in [1.54, 1.807) is 13.3 Å². The molecule has 0 aliphatic carbocycles. The maximum absolute atomic E-state index is 5.08. The molecule has 2 rings (SSSR count). The van der Waals surface area contributed by atoms with Crippen molar-refractivity contribution in [1.82, 2.24) is 15.2 Å². The van der Waals surface area contributed by atoms with Gasteiger partial charge in [-0.3, -0.25) is 0 Å². The van der Waals surface area contributed by atoms with Crippen LogP contribution in [0.1, 0.15) is 0 Å². The SMILES string of the molecule is COc1ccc(-c2cnnc(OC)n2)cc1. The van der Waals surface area contributed by atoms with Crippen LogP contribution in [-0.2, 0) is 0 Å². The van der Waals surface area contributed by atoms with E-state index in [0.717, 1.165) is 17.0 Å². The average molecular weight is 217 g/mol. The summed E-state index contributed by atoms with van der Waals surface area (Å²) in [4.78, 5) is 4.18. The van der Waals surface area contributed by atoms with Gasteiger partial charge in [0.15, 0.2) is 0 Å². The smallest absolute Gasteiger partial charge is 0.335 e. The highest BCUT2D eigenvalue weighted by Crippen LogP contribution is 2.20. The van der Waals surface area contributed by atoms with Crippen LogP contribution in [0.5, 0.6) is 11.8 Å². The summed E-state index contributed by atoms with van der Waals surface area (Å²) in [5, 5.41) is 7.51. The lowest BCUT2D eigenvalue weighted by molar-refractivity contribution is 0.374. The zero-order valence-electron chi connectivity index (χ0n) is 9.04. The third-order valence-corrected chi connectivity index (χ3v) is 2.11. The largest absolute Gasteiger partial charge is 0.497 e. The molecule has 1 heterocycles. The minimum Gasteiger partial charge on any atom is -0.497 e. The molecule has 0 saturated carbocycles. The van der Waals surface area contributed by atoms with Gasteiger partial charge in [0, 0.05) is 5.56 Å². The molecule has 1 aromatic heterocycles. The van der Waals surface area contributed by atoms with Gasteiger partial charge in [-0.2, -0.15) is 10.1 Å². The van der Waals surface area contributed by atoms with Gasteiger partial charge in [-0.05, 0) is 24.3 Å². The molecule has 0 N–H and O–H groups in total. The summed E-state index contributed by atoms with van der Waals surface area (Å²) < 4.78 is 9.99. The van der Waals surface area contributed by atoms with Crippen molar-refractivity contribution in [2.75, 3.05) is 14.2 Å². The van der Waals surface area contributed by atoms with Crippen LogP contribution in [0.25, 0.3) is 11.3 Å². The quantitative estimate of drug-likeness (QED) is 0.780. The topological polar surface area (TPSA) is 57.1 Å².